The molecule has 168 valence electrons. The van der Waals surface area contributed by atoms with Crippen molar-refractivity contribution >= 4 is 0 Å². The number of allylic oxidation sites excluding steroid dienone is 3. The van der Waals surface area contributed by atoms with Crippen molar-refractivity contribution < 1.29 is 0 Å². The third-order valence-corrected chi connectivity index (χ3v) is 8.65. The normalized spacial score (nSPS) is 32.1. The molecule has 2 unspecified atom stereocenters. The number of rotatable bonds is 8. The monoisotopic (exact) mass is 400 g/mol. The van der Waals surface area contributed by atoms with Crippen molar-refractivity contribution in [3.63, 3.8) is 0 Å². The number of hydrogen-bond acceptors (Lipinski definition) is 0. The minimum absolute atomic E-state index is 0.215. The average Bonchev–Trinajstić information content (AvgIpc) is 2.69. The lowest BCUT2D eigenvalue weighted by atomic mass is 9.52. The minimum Gasteiger partial charge on any atom is -0.100 e. The molecule has 0 aromatic heterocycles. The summed E-state index contributed by atoms with van der Waals surface area (Å²) >= 11 is 0. The highest BCUT2D eigenvalue weighted by molar-refractivity contribution is 5.25. The Morgan fingerprint density at radius 1 is 0.793 bits per heavy atom. The Morgan fingerprint density at radius 3 is 1.83 bits per heavy atom. The van der Waals surface area contributed by atoms with Crippen LogP contribution in [0.25, 0.3) is 0 Å². The Labute approximate surface area is 184 Å². The van der Waals surface area contributed by atoms with E-state index in [-0.39, 0.29) is 10.8 Å². The molecule has 0 aromatic carbocycles. The van der Waals surface area contributed by atoms with Crippen LogP contribution in [0.4, 0.5) is 0 Å². The average molecular weight is 401 g/mol. The van der Waals surface area contributed by atoms with Crippen molar-refractivity contribution in [3.05, 3.63) is 36.5 Å². The SMILES string of the molecule is C=C(C)CCC(=C)[C@@]1(C)CCCC[C@@]1(C)C(=C)C.CCCC1CCCCC1CC. The topological polar surface area (TPSA) is 0 Å². The Morgan fingerprint density at radius 2 is 1.34 bits per heavy atom. The van der Waals surface area contributed by atoms with Crippen LogP contribution in [0.1, 0.15) is 125 Å². The van der Waals surface area contributed by atoms with Crippen LogP contribution in [0.15, 0.2) is 36.5 Å². The van der Waals surface area contributed by atoms with Gasteiger partial charge in [-0.05, 0) is 62.2 Å². The van der Waals surface area contributed by atoms with Crippen LogP contribution in [-0.4, -0.2) is 0 Å². The number of hydrogen-bond donors (Lipinski definition) is 0. The van der Waals surface area contributed by atoms with E-state index in [0.29, 0.717) is 0 Å². The summed E-state index contributed by atoms with van der Waals surface area (Å²) in [5, 5.41) is 0. The molecule has 2 fully saturated rings. The molecule has 0 N–H and O–H groups in total. The summed E-state index contributed by atoms with van der Waals surface area (Å²) in [6.45, 7) is 26.5. The quantitative estimate of drug-likeness (QED) is 0.355. The van der Waals surface area contributed by atoms with E-state index in [0.717, 1.165) is 24.7 Å². The standard InChI is InChI=1S/C18H30.C11H22/c1-14(2)10-11-16(5)18(7)13-9-8-12-17(18,6)15(3)4;1-3-7-11-9-6-5-8-10(11)4-2/h1,3,5,8-13H2,2,4,6-7H3;10-11H,3-9H2,1-2H3/t17-,18+;/m0./s1. The van der Waals surface area contributed by atoms with Crippen molar-refractivity contribution in [2.24, 2.45) is 22.7 Å². The van der Waals surface area contributed by atoms with Gasteiger partial charge in [-0.25, -0.2) is 0 Å². The molecule has 0 saturated heterocycles. The Hall–Kier alpha value is -0.780. The van der Waals surface area contributed by atoms with E-state index >= 15 is 0 Å². The maximum atomic E-state index is 4.42. The molecule has 0 aliphatic heterocycles. The summed E-state index contributed by atoms with van der Waals surface area (Å²) in [6.07, 6.45) is 17.6. The van der Waals surface area contributed by atoms with Crippen molar-refractivity contribution in [3.8, 4) is 0 Å². The zero-order valence-electron chi connectivity index (χ0n) is 21.0. The van der Waals surface area contributed by atoms with Crippen molar-refractivity contribution in [2.45, 2.75) is 125 Å². The molecule has 2 aliphatic rings. The third-order valence-electron chi connectivity index (χ3n) is 8.65. The first-order chi connectivity index (χ1) is 13.6. The highest BCUT2D eigenvalue weighted by Gasteiger charge is 2.47. The lowest BCUT2D eigenvalue weighted by Gasteiger charge is -2.52. The maximum absolute atomic E-state index is 4.42. The predicted octanol–water partition coefficient (Wildman–Crippen LogP) is 10.1. The zero-order chi connectivity index (χ0) is 22.1. The van der Waals surface area contributed by atoms with Crippen LogP contribution in [0.3, 0.4) is 0 Å². The fraction of sp³-hybridized carbons (Fsp3) is 0.793. The Kier molecular flexibility index (Phi) is 11.0. The van der Waals surface area contributed by atoms with E-state index in [4.69, 9.17) is 0 Å². The van der Waals surface area contributed by atoms with E-state index in [1.807, 2.05) is 0 Å². The van der Waals surface area contributed by atoms with Crippen LogP contribution in [0.2, 0.25) is 0 Å². The summed E-state index contributed by atoms with van der Waals surface area (Å²) < 4.78 is 0. The molecular formula is C29H52. The summed E-state index contributed by atoms with van der Waals surface area (Å²) in [4.78, 5) is 0. The van der Waals surface area contributed by atoms with Crippen LogP contribution in [0, 0.1) is 22.7 Å². The molecule has 0 aromatic rings. The summed E-state index contributed by atoms with van der Waals surface area (Å²) in [7, 11) is 0. The minimum atomic E-state index is 0.215. The van der Waals surface area contributed by atoms with E-state index in [2.05, 4.69) is 61.3 Å². The molecule has 0 nitrogen and oxygen atoms in total. The van der Waals surface area contributed by atoms with Crippen LogP contribution in [0.5, 0.6) is 0 Å². The van der Waals surface area contributed by atoms with Gasteiger partial charge in [-0.2, -0.15) is 0 Å². The molecule has 2 saturated carbocycles. The molecule has 29 heavy (non-hydrogen) atoms. The molecule has 0 bridgehead atoms. The highest BCUT2D eigenvalue weighted by Crippen LogP contribution is 2.58. The van der Waals surface area contributed by atoms with Gasteiger partial charge in [0.15, 0.2) is 0 Å². The molecular weight excluding hydrogens is 348 g/mol. The Balaban J connectivity index is 0.000000326. The van der Waals surface area contributed by atoms with Crippen molar-refractivity contribution in [2.75, 3.05) is 0 Å². The predicted molar refractivity (Wildman–Crippen MR) is 133 cm³/mol. The van der Waals surface area contributed by atoms with Gasteiger partial charge in [-0.15, -0.1) is 6.58 Å². The van der Waals surface area contributed by atoms with Gasteiger partial charge in [0, 0.05) is 0 Å². The van der Waals surface area contributed by atoms with E-state index in [1.165, 1.54) is 87.3 Å². The van der Waals surface area contributed by atoms with Crippen molar-refractivity contribution in [1.29, 1.82) is 0 Å². The van der Waals surface area contributed by atoms with Crippen LogP contribution < -0.4 is 0 Å². The van der Waals surface area contributed by atoms with Gasteiger partial charge >= 0.3 is 0 Å². The fourth-order valence-electron chi connectivity index (χ4n) is 5.97. The first-order valence-electron chi connectivity index (χ1n) is 12.6. The first kappa shape index (κ1) is 26.3. The largest absolute Gasteiger partial charge is 0.100 e. The third kappa shape index (κ3) is 6.86. The molecule has 0 radical (unpaired) electrons. The van der Waals surface area contributed by atoms with Crippen molar-refractivity contribution in [1.82, 2.24) is 0 Å². The summed E-state index contributed by atoms with van der Waals surface area (Å²) in [5.74, 6) is 2.16. The first-order valence-corrected chi connectivity index (χ1v) is 12.6. The molecule has 2 aliphatic carbocycles. The second-order valence-electron chi connectivity index (χ2n) is 10.7. The van der Waals surface area contributed by atoms with Gasteiger partial charge in [0.1, 0.15) is 0 Å². The molecule has 4 atom stereocenters. The van der Waals surface area contributed by atoms with Crippen LogP contribution in [-0.2, 0) is 0 Å². The molecule has 0 spiro atoms. The van der Waals surface area contributed by atoms with Gasteiger partial charge in [0.2, 0.25) is 0 Å². The van der Waals surface area contributed by atoms with E-state index < -0.39 is 0 Å². The van der Waals surface area contributed by atoms with Gasteiger partial charge in [0.25, 0.3) is 0 Å². The summed E-state index contributed by atoms with van der Waals surface area (Å²) in [5.41, 5.74) is 4.41. The summed E-state index contributed by atoms with van der Waals surface area (Å²) in [6, 6.07) is 0. The fourth-order valence-corrected chi connectivity index (χ4v) is 5.97. The van der Waals surface area contributed by atoms with Gasteiger partial charge in [0.05, 0.1) is 0 Å². The highest BCUT2D eigenvalue weighted by atomic mass is 14.5. The van der Waals surface area contributed by atoms with E-state index in [9.17, 15) is 0 Å². The van der Waals surface area contributed by atoms with Crippen LogP contribution >= 0.6 is 0 Å². The Bertz CT molecular complexity index is 536. The maximum Gasteiger partial charge on any atom is -0.00282 e. The smallest absolute Gasteiger partial charge is 0.00282 e. The lowest BCUT2D eigenvalue weighted by Crippen LogP contribution is -2.42. The second-order valence-corrected chi connectivity index (χ2v) is 10.7. The molecule has 0 heteroatoms. The zero-order valence-corrected chi connectivity index (χ0v) is 21.0. The van der Waals surface area contributed by atoms with E-state index in [1.54, 1.807) is 0 Å². The lowest BCUT2D eigenvalue weighted by molar-refractivity contribution is 0.0840. The van der Waals surface area contributed by atoms with Gasteiger partial charge in [-0.1, -0.05) is 115 Å². The molecule has 0 amide bonds. The van der Waals surface area contributed by atoms with Gasteiger partial charge < -0.3 is 0 Å². The molecule has 0 heterocycles. The second kappa shape index (κ2) is 12.2. The molecule has 2 rings (SSSR count). The van der Waals surface area contributed by atoms with Gasteiger partial charge in [-0.3, -0.25) is 0 Å².